The molecule has 0 aliphatic carbocycles. The monoisotopic (exact) mass is 229 g/mol. The van der Waals surface area contributed by atoms with Crippen molar-refractivity contribution in [1.82, 2.24) is 5.32 Å². The molecule has 2 rings (SSSR count). The maximum atomic E-state index is 9.28. The van der Waals surface area contributed by atoms with Crippen LogP contribution in [0, 0.1) is 11.8 Å². The number of aliphatic hydroxyl groups is 1. The van der Waals surface area contributed by atoms with Crippen LogP contribution >= 0.6 is 11.8 Å². The van der Waals surface area contributed by atoms with Crippen LogP contribution in [0.25, 0.3) is 0 Å². The van der Waals surface area contributed by atoms with Gasteiger partial charge in [-0.05, 0) is 62.5 Å². The molecule has 2 aliphatic heterocycles. The van der Waals surface area contributed by atoms with E-state index in [4.69, 9.17) is 0 Å². The van der Waals surface area contributed by atoms with Crippen LogP contribution in [-0.2, 0) is 0 Å². The Hall–Kier alpha value is 0.270. The third-order valence-electron chi connectivity index (χ3n) is 3.91. The third kappa shape index (κ3) is 3.11. The molecule has 2 fully saturated rings. The minimum absolute atomic E-state index is 0.00802. The molecule has 0 spiro atoms. The first-order chi connectivity index (χ1) is 7.22. The molecule has 0 radical (unpaired) electrons. The Morgan fingerprint density at radius 2 is 2.07 bits per heavy atom. The van der Waals surface area contributed by atoms with Crippen molar-refractivity contribution in [3.8, 4) is 0 Å². The van der Waals surface area contributed by atoms with Crippen molar-refractivity contribution in [2.75, 3.05) is 24.7 Å². The fourth-order valence-electron chi connectivity index (χ4n) is 2.91. The highest BCUT2D eigenvalue weighted by molar-refractivity contribution is 7.99. The highest BCUT2D eigenvalue weighted by atomic mass is 32.2. The second-order valence-electron chi connectivity index (χ2n) is 5.46. The maximum Gasteiger partial charge on any atom is 0.0610 e. The van der Waals surface area contributed by atoms with Crippen molar-refractivity contribution in [3.05, 3.63) is 0 Å². The van der Waals surface area contributed by atoms with Gasteiger partial charge in [-0.1, -0.05) is 0 Å². The van der Waals surface area contributed by atoms with E-state index in [9.17, 15) is 5.11 Å². The zero-order chi connectivity index (χ0) is 10.7. The summed E-state index contributed by atoms with van der Waals surface area (Å²) in [6.07, 6.45) is 5.37. The van der Waals surface area contributed by atoms with Gasteiger partial charge in [-0.15, -0.1) is 0 Å². The number of thioether (sulfide) groups is 1. The molecule has 2 aliphatic rings. The molecule has 2 saturated heterocycles. The van der Waals surface area contributed by atoms with Crippen LogP contribution in [-0.4, -0.2) is 35.3 Å². The first-order valence-electron chi connectivity index (χ1n) is 6.15. The predicted molar refractivity (Wildman–Crippen MR) is 66.3 cm³/mol. The normalized spacial score (nSPS) is 38.4. The Kier molecular flexibility index (Phi) is 3.97. The first-order valence-corrected chi connectivity index (χ1v) is 7.31. The molecule has 0 bridgehead atoms. The minimum Gasteiger partial charge on any atom is -0.394 e. The smallest absolute Gasteiger partial charge is 0.0610 e. The van der Waals surface area contributed by atoms with Gasteiger partial charge in [0.25, 0.3) is 0 Å². The van der Waals surface area contributed by atoms with Gasteiger partial charge in [-0.25, -0.2) is 0 Å². The highest BCUT2D eigenvalue weighted by Gasteiger charge is 2.34. The highest BCUT2D eigenvalue weighted by Crippen LogP contribution is 2.33. The van der Waals surface area contributed by atoms with Gasteiger partial charge in [0, 0.05) is 5.54 Å². The van der Waals surface area contributed by atoms with Gasteiger partial charge in [0.15, 0.2) is 0 Å². The van der Waals surface area contributed by atoms with Crippen LogP contribution in [0.3, 0.4) is 0 Å². The molecule has 0 aromatic carbocycles. The summed E-state index contributed by atoms with van der Waals surface area (Å²) in [7, 11) is 0. The number of nitrogens with one attached hydrogen (secondary N) is 1. The Labute approximate surface area is 97.2 Å². The van der Waals surface area contributed by atoms with Gasteiger partial charge in [0.2, 0.25) is 0 Å². The van der Waals surface area contributed by atoms with Crippen LogP contribution in [0.5, 0.6) is 0 Å². The van der Waals surface area contributed by atoms with Crippen LogP contribution in [0.1, 0.15) is 32.6 Å². The van der Waals surface area contributed by atoms with Gasteiger partial charge in [-0.3, -0.25) is 0 Å². The van der Waals surface area contributed by atoms with Crippen LogP contribution < -0.4 is 5.32 Å². The van der Waals surface area contributed by atoms with E-state index in [2.05, 4.69) is 24.0 Å². The average molecular weight is 229 g/mol. The van der Waals surface area contributed by atoms with Crippen molar-refractivity contribution in [2.45, 2.75) is 38.1 Å². The quantitative estimate of drug-likeness (QED) is 0.775. The van der Waals surface area contributed by atoms with Crippen LogP contribution in [0.15, 0.2) is 0 Å². The summed E-state index contributed by atoms with van der Waals surface area (Å²) >= 11 is 2.11. The molecule has 2 atom stereocenters. The zero-order valence-electron chi connectivity index (χ0n) is 9.67. The van der Waals surface area contributed by atoms with E-state index in [1.54, 1.807) is 0 Å². The summed E-state index contributed by atoms with van der Waals surface area (Å²) in [5.41, 5.74) is 0.00802. The standard InChI is InChI=1S/C12H23NOS/c1-12(9-14)7-11(8-13-12)6-10-2-4-15-5-3-10/h10-11,13-14H,2-9H2,1H3. The topological polar surface area (TPSA) is 32.3 Å². The van der Waals surface area contributed by atoms with E-state index in [0.29, 0.717) is 0 Å². The van der Waals surface area contributed by atoms with Crippen molar-refractivity contribution in [1.29, 1.82) is 0 Å². The maximum absolute atomic E-state index is 9.28. The lowest BCUT2D eigenvalue weighted by molar-refractivity contribution is 0.187. The average Bonchev–Trinajstić information content (AvgIpc) is 2.63. The Balaban J connectivity index is 1.76. The molecular formula is C12H23NOS. The van der Waals surface area contributed by atoms with Crippen LogP contribution in [0.2, 0.25) is 0 Å². The number of rotatable bonds is 3. The first kappa shape index (κ1) is 11.7. The second kappa shape index (κ2) is 5.07. The van der Waals surface area contributed by atoms with E-state index in [-0.39, 0.29) is 12.1 Å². The molecule has 0 saturated carbocycles. The lowest BCUT2D eigenvalue weighted by atomic mass is 9.86. The SMILES string of the molecule is CC1(CO)CC(CC2CCSCC2)CN1. The predicted octanol–water partition coefficient (Wildman–Crippen LogP) is 1.88. The summed E-state index contributed by atoms with van der Waals surface area (Å²) < 4.78 is 0. The van der Waals surface area contributed by atoms with Gasteiger partial charge >= 0.3 is 0 Å². The molecule has 2 nitrogen and oxygen atoms in total. The molecule has 15 heavy (non-hydrogen) atoms. The summed E-state index contributed by atoms with van der Waals surface area (Å²) in [5.74, 6) is 4.49. The van der Waals surface area contributed by atoms with Gasteiger partial charge in [0.1, 0.15) is 0 Å². The third-order valence-corrected chi connectivity index (χ3v) is 4.96. The Bertz CT molecular complexity index is 206. The summed E-state index contributed by atoms with van der Waals surface area (Å²) in [5, 5.41) is 12.8. The number of hydrogen-bond donors (Lipinski definition) is 2. The molecule has 88 valence electrons. The molecule has 2 heterocycles. The van der Waals surface area contributed by atoms with Crippen molar-refractivity contribution in [2.24, 2.45) is 11.8 Å². The van der Waals surface area contributed by atoms with E-state index < -0.39 is 0 Å². The molecule has 2 unspecified atom stereocenters. The van der Waals surface area contributed by atoms with E-state index in [1.807, 2.05) is 0 Å². The van der Waals surface area contributed by atoms with E-state index >= 15 is 0 Å². The lowest BCUT2D eigenvalue weighted by Crippen LogP contribution is -2.39. The molecule has 0 aromatic rings. The minimum atomic E-state index is 0.00802. The van der Waals surface area contributed by atoms with E-state index in [0.717, 1.165) is 24.8 Å². The van der Waals surface area contributed by atoms with Crippen molar-refractivity contribution < 1.29 is 5.11 Å². The Morgan fingerprint density at radius 3 is 2.67 bits per heavy atom. The molecule has 3 heteroatoms. The number of aliphatic hydroxyl groups excluding tert-OH is 1. The molecular weight excluding hydrogens is 206 g/mol. The summed E-state index contributed by atoms with van der Waals surface area (Å²) in [6, 6.07) is 0. The van der Waals surface area contributed by atoms with Crippen LogP contribution in [0.4, 0.5) is 0 Å². The van der Waals surface area contributed by atoms with Gasteiger partial charge < -0.3 is 10.4 Å². The number of hydrogen-bond acceptors (Lipinski definition) is 3. The van der Waals surface area contributed by atoms with Crippen molar-refractivity contribution >= 4 is 11.8 Å². The molecule has 2 N–H and O–H groups in total. The second-order valence-corrected chi connectivity index (χ2v) is 6.69. The largest absolute Gasteiger partial charge is 0.394 e. The zero-order valence-corrected chi connectivity index (χ0v) is 10.5. The lowest BCUT2D eigenvalue weighted by Gasteiger charge is -2.25. The summed E-state index contributed by atoms with van der Waals surface area (Å²) in [4.78, 5) is 0. The van der Waals surface area contributed by atoms with E-state index in [1.165, 1.54) is 30.8 Å². The van der Waals surface area contributed by atoms with Crippen molar-refractivity contribution in [3.63, 3.8) is 0 Å². The fourth-order valence-corrected chi connectivity index (χ4v) is 4.12. The molecule has 0 aromatic heterocycles. The van der Waals surface area contributed by atoms with Gasteiger partial charge in [0.05, 0.1) is 6.61 Å². The fraction of sp³-hybridized carbons (Fsp3) is 1.00. The summed E-state index contributed by atoms with van der Waals surface area (Å²) in [6.45, 7) is 3.54. The molecule has 0 amide bonds. The van der Waals surface area contributed by atoms with Gasteiger partial charge in [-0.2, -0.15) is 11.8 Å². The Morgan fingerprint density at radius 1 is 1.33 bits per heavy atom.